The molecule has 0 bridgehead atoms. The number of rotatable bonds is 6. The summed E-state index contributed by atoms with van der Waals surface area (Å²) in [6, 6.07) is 12.1. The summed E-state index contributed by atoms with van der Waals surface area (Å²) < 4.78 is 40.2. The molecule has 11 heteroatoms. The Kier molecular flexibility index (Phi) is 8.57. The number of hydrogen-bond donors (Lipinski definition) is 2. The third kappa shape index (κ3) is 5.94. The van der Waals surface area contributed by atoms with Gasteiger partial charge in [-0.2, -0.15) is 0 Å². The van der Waals surface area contributed by atoms with E-state index in [9.17, 15) is 22.8 Å². The van der Waals surface area contributed by atoms with E-state index in [4.69, 9.17) is 0 Å². The molecule has 0 saturated carbocycles. The molecule has 6 rings (SSSR count). The van der Waals surface area contributed by atoms with Gasteiger partial charge in [0.25, 0.3) is 0 Å². The highest BCUT2D eigenvalue weighted by atomic mass is 32.2. The summed E-state index contributed by atoms with van der Waals surface area (Å²) in [5.41, 5.74) is 1.28. The Balaban J connectivity index is 1.24. The number of phenols is 1. The van der Waals surface area contributed by atoms with Crippen molar-refractivity contribution < 1.29 is 22.8 Å². The fourth-order valence-electron chi connectivity index (χ4n) is 6.92. The van der Waals surface area contributed by atoms with E-state index in [1.807, 2.05) is 12.1 Å². The Hall–Kier alpha value is -2.57. The molecule has 3 aliphatic heterocycles. The number of aromatic nitrogens is 1. The maximum absolute atomic E-state index is 13.9. The first kappa shape index (κ1) is 29.5. The largest absolute Gasteiger partial charge is 0.508 e. The van der Waals surface area contributed by atoms with Gasteiger partial charge in [0.2, 0.25) is 9.84 Å². The SMILES string of the molecule is CS(=O)c1ccc2ncc(S(=O)(=O)c3ccc(O)cc3)c(N3CCC(N4CCC(N5CCC(O)CC5)CC4)CC3)c2c1. The highest BCUT2D eigenvalue weighted by Crippen LogP contribution is 2.39. The lowest BCUT2D eigenvalue weighted by Crippen LogP contribution is -2.52. The number of likely N-dealkylation sites (tertiary alicyclic amines) is 2. The van der Waals surface area contributed by atoms with E-state index in [2.05, 4.69) is 19.7 Å². The summed E-state index contributed by atoms with van der Waals surface area (Å²) >= 11 is 0. The summed E-state index contributed by atoms with van der Waals surface area (Å²) in [6.07, 6.45) is 8.84. The van der Waals surface area contributed by atoms with Gasteiger partial charge < -0.3 is 24.9 Å². The fraction of sp³-hybridized carbons (Fsp3) is 0.516. The van der Waals surface area contributed by atoms with Crippen LogP contribution in [0.4, 0.5) is 5.69 Å². The van der Waals surface area contributed by atoms with Crippen LogP contribution in [0.3, 0.4) is 0 Å². The minimum absolute atomic E-state index is 0.00158. The molecule has 0 aliphatic carbocycles. The van der Waals surface area contributed by atoms with Gasteiger partial charge in [-0.15, -0.1) is 0 Å². The number of benzene rings is 2. The third-order valence-corrected chi connectivity index (χ3v) is 12.0. The third-order valence-electron chi connectivity index (χ3n) is 9.36. The van der Waals surface area contributed by atoms with Crippen LogP contribution >= 0.6 is 0 Å². The summed E-state index contributed by atoms with van der Waals surface area (Å²) in [5, 5.41) is 20.3. The standard InChI is InChI=1S/C31H40N4O5S2/c1-41(38)26-4-7-29-28(20-26)31(30(21-32-29)42(39,40)27-5-2-24(36)3-6-27)35-16-10-23(11-17-35)33-14-8-22(9-15-33)34-18-12-25(37)13-19-34/h2-7,20-23,25,36-37H,8-19H2,1H3. The van der Waals surface area contributed by atoms with Crippen LogP contribution in [0.25, 0.3) is 10.9 Å². The van der Waals surface area contributed by atoms with Gasteiger partial charge in [-0.05, 0) is 94.1 Å². The smallest absolute Gasteiger partial charge is 0.210 e. The molecule has 3 aromatic rings. The normalized spacial score (nSPS) is 21.6. The van der Waals surface area contributed by atoms with Crippen LogP contribution in [0.1, 0.15) is 38.5 Å². The van der Waals surface area contributed by atoms with Crippen LogP contribution in [-0.2, 0) is 20.6 Å². The van der Waals surface area contributed by atoms with Crippen LogP contribution in [0.5, 0.6) is 5.75 Å². The lowest BCUT2D eigenvalue weighted by Gasteiger charge is -2.45. The highest BCUT2D eigenvalue weighted by molar-refractivity contribution is 7.91. The van der Waals surface area contributed by atoms with Gasteiger partial charge in [-0.1, -0.05) is 0 Å². The molecule has 226 valence electrons. The fourth-order valence-corrected chi connectivity index (χ4v) is 8.89. The molecule has 4 heterocycles. The first-order chi connectivity index (χ1) is 20.2. The molecule has 1 atom stereocenters. The van der Waals surface area contributed by atoms with Crippen molar-refractivity contribution >= 4 is 37.2 Å². The summed E-state index contributed by atoms with van der Waals surface area (Å²) in [6.45, 7) is 5.55. The van der Waals surface area contributed by atoms with Gasteiger partial charge >= 0.3 is 0 Å². The number of anilines is 1. The van der Waals surface area contributed by atoms with Crippen LogP contribution in [0.15, 0.2) is 63.3 Å². The molecular weight excluding hydrogens is 572 g/mol. The molecule has 1 aromatic heterocycles. The number of nitrogens with zero attached hydrogens (tertiary/aromatic N) is 4. The van der Waals surface area contributed by atoms with E-state index in [-0.39, 0.29) is 21.6 Å². The first-order valence-electron chi connectivity index (χ1n) is 14.9. The molecule has 1 unspecified atom stereocenters. The van der Waals surface area contributed by atoms with Crippen molar-refractivity contribution in [3.05, 3.63) is 48.7 Å². The zero-order valence-corrected chi connectivity index (χ0v) is 25.7. The molecule has 0 radical (unpaired) electrons. The number of hydrogen-bond acceptors (Lipinski definition) is 9. The topological polar surface area (TPSA) is 114 Å². The number of fused-ring (bicyclic) bond motifs is 1. The second-order valence-corrected chi connectivity index (χ2v) is 15.2. The molecule has 2 aromatic carbocycles. The average Bonchev–Trinajstić information content (AvgIpc) is 3.01. The highest BCUT2D eigenvalue weighted by Gasteiger charge is 2.34. The second-order valence-electron chi connectivity index (χ2n) is 11.9. The molecule has 42 heavy (non-hydrogen) atoms. The minimum Gasteiger partial charge on any atom is -0.508 e. The Bertz CT molecular complexity index is 1540. The lowest BCUT2D eigenvalue weighted by molar-refractivity contribution is 0.0289. The van der Waals surface area contributed by atoms with Crippen LogP contribution in [-0.4, -0.2) is 101 Å². The van der Waals surface area contributed by atoms with Crippen LogP contribution < -0.4 is 4.90 Å². The molecule has 0 spiro atoms. The lowest BCUT2D eigenvalue weighted by atomic mass is 9.95. The van der Waals surface area contributed by atoms with Gasteiger partial charge in [0.1, 0.15) is 10.6 Å². The predicted octanol–water partition coefficient (Wildman–Crippen LogP) is 3.40. The predicted molar refractivity (Wildman–Crippen MR) is 164 cm³/mol. The van der Waals surface area contributed by atoms with E-state index < -0.39 is 20.6 Å². The van der Waals surface area contributed by atoms with E-state index in [1.54, 1.807) is 12.3 Å². The first-order valence-corrected chi connectivity index (χ1v) is 18.0. The number of sulfone groups is 1. The van der Waals surface area contributed by atoms with Crippen LogP contribution in [0, 0.1) is 0 Å². The van der Waals surface area contributed by atoms with Gasteiger partial charge in [0.15, 0.2) is 0 Å². The second kappa shape index (κ2) is 12.2. The Labute approximate surface area is 250 Å². The van der Waals surface area contributed by atoms with Crippen LogP contribution in [0.2, 0.25) is 0 Å². The number of phenolic OH excluding ortho intramolecular Hbond substituents is 1. The number of piperidine rings is 3. The van der Waals surface area contributed by atoms with Crippen molar-refractivity contribution in [2.24, 2.45) is 0 Å². The van der Waals surface area contributed by atoms with E-state index in [1.165, 1.54) is 30.5 Å². The van der Waals surface area contributed by atoms with Crippen molar-refractivity contribution in [1.29, 1.82) is 0 Å². The molecule has 3 fully saturated rings. The van der Waals surface area contributed by atoms with Gasteiger partial charge in [-0.3, -0.25) is 9.19 Å². The minimum atomic E-state index is -3.94. The van der Waals surface area contributed by atoms with E-state index in [0.29, 0.717) is 46.7 Å². The molecule has 9 nitrogen and oxygen atoms in total. The quantitative estimate of drug-likeness (QED) is 0.432. The van der Waals surface area contributed by atoms with Gasteiger partial charge in [-0.25, -0.2) is 8.42 Å². The Morgan fingerprint density at radius 1 is 0.833 bits per heavy atom. The summed E-state index contributed by atoms with van der Waals surface area (Å²) in [7, 11) is -5.16. The van der Waals surface area contributed by atoms with Crippen molar-refractivity contribution in [2.75, 3.05) is 50.4 Å². The maximum atomic E-state index is 13.9. The van der Waals surface area contributed by atoms with E-state index >= 15 is 0 Å². The maximum Gasteiger partial charge on any atom is 0.210 e. The van der Waals surface area contributed by atoms with Gasteiger partial charge in [0.05, 0.1) is 22.2 Å². The monoisotopic (exact) mass is 612 g/mol. The summed E-state index contributed by atoms with van der Waals surface area (Å²) in [5.74, 6) is 0.00158. The van der Waals surface area contributed by atoms with Crippen molar-refractivity contribution in [3.63, 3.8) is 0 Å². The van der Waals surface area contributed by atoms with Crippen molar-refractivity contribution in [2.45, 2.75) is 71.4 Å². The zero-order valence-electron chi connectivity index (χ0n) is 24.1. The van der Waals surface area contributed by atoms with Crippen molar-refractivity contribution in [3.8, 4) is 5.75 Å². The van der Waals surface area contributed by atoms with Gasteiger partial charge in [0, 0.05) is 71.8 Å². The molecule has 3 aliphatic rings. The number of aromatic hydroxyl groups is 1. The molecular formula is C31H40N4O5S2. The Morgan fingerprint density at radius 3 is 2.00 bits per heavy atom. The molecule has 0 amide bonds. The number of aliphatic hydroxyl groups excluding tert-OH is 1. The number of aliphatic hydroxyl groups is 1. The molecule has 3 saturated heterocycles. The van der Waals surface area contributed by atoms with Crippen molar-refractivity contribution in [1.82, 2.24) is 14.8 Å². The average molecular weight is 613 g/mol. The summed E-state index contributed by atoms with van der Waals surface area (Å²) in [4.78, 5) is 12.7. The molecule has 2 N–H and O–H groups in total. The van der Waals surface area contributed by atoms with E-state index in [0.717, 1.165) is 64.7 Å². The Morgan fingerprint density at radius 2 is 1.40 bits per heavy atom. The number of pyridine rings is 1. The zero-order chi connectivity index (χ0) is 29.4.